The average molecular weight is 359 g/mol. The number of nitrogens with zero attached hydrogens (tertiary/aromatic N) is 4. The molecule has 0 bridgehead atoms. The zero-order valence-corrected chi connectivity index (χ0v) is 14.1. The topological polar surface area (TPSA) is 59.7 Å². The summed E-state index contributed by atoms with van der Waals surface area (Å²) in [6.45, 7) is 5.44. The van der Waals surface area contributed by atoms with E-state index in [1.54, 1.807) is 23.8 Å². The number of amides is 1. The molecule has 0 atom stereocenters. The largest absolute Gasteiger partial charge is 0.443 e. The van der Waals surface area contributed by atoms with Crippen molar-refractivity contribution in [3.8, 4) is 0 Å². The van der Waals surface area contributed by atoms with Gasteiger partial charge in [-0.3, -0.25) is 4.90 Å². The van der Waals surface area contributed by atoms with Crippen LogP contribution in [0.15, 0.2) is 21.8 Å². The van der Waals surface area contributed by atoms with E-state index in [9.17, 15) is 4.79 Å². The number of carbonyl (C=O) groups is 1. The lowest BCUT2D eigenvalue weighted by atomic mass is 10.2. The molecule has 8 heteroatoms. The lowest BCUT2D eigenvalue weighted by Crippen LogP contribution is -2.35. The first-order chi connectivity index (χ1) is 9.19. The summed E-state index contributed by atoms with van der Waals surface area (Å²) in [5.41, 5.74) is 0.0225. The highest BCUT2D eigenvalue weighted by atomic mass is 79.9. The number of thiol groups is 1. The summed E-state index contributed by atoms with van der Waals surface area (Å²) in [6, 6.07) is 1.65. The van der Waals surface area contributed by atoms with Crippen LogP contribution in [0.4, 0.5) is 10.6 Å². The molecule has 108 valence electrons. The first-order valence-electron chi connectivity index (χ1n) is 5.89. The number of fused-ring (bicyclic) bond motifs is 1. The fourth-order valence-electron chi connectivity index (χ4n) is 1.57. The Labute approximate surface area is 130 Å². The van der Waals surface area contributed by atoms with Gasteiger partial charge in [0.1, 0.15) is 11.4 Å². The molecule has 2 rings (SSSR count). The predicted molar refractivity (Wildman–Crippen MR) is 82.6 cm³/mol. The molecule has 2 aromatic heterocycles. The second-order valence-electron chi connectivity index (χ2n) is 5.24. The first-order valence-corrected chi connectivity index (χ1v) is 7.13. The minimum absolute atomic E-state index is 0.468. The molecule has 0 aliphatic carbocycles. The highest BCUT2D eigenvalue weighted by Crippen LogP contribution is 2.24. The van der Waals surface area contributed by atoms with Gasteiger partial charge in [0, 0.05) is 13.1 Å². The Morgan fingerprint density at radius 3 is 2.75 bits per heavy atom. The van der Waals surface area contributed by atoms with Crippen LogP contribution in [0.3, 0.4) is 0 Å². The molecule has 0 spiro atoms. The third-order valence-electron chi connectivity index (χ3n) is 2.41. The van der Waals surface area contributed by atoms with E-state index in [1.165, 1.54) is 4.90 Å². The number of hydrogen-bond acceptors (Lipinski definition) is 5. The molecule has 0 fully saturated rings. The lowest BCUT2D eigenvalue weighted by Gasteiger charge is -2.24. The van der Waals surface area contributed by atoms with E-state index in [0.717, 1.165) is 4.47 Å². The molecule has 0 unspecified atom stereocenters. The SMILES string of the molecule is CN(C(=O)OC(C)(C)C)c1cc(S)nc2c(Br)cnn12. The van der Waals surface area contributed by atoms with Crippen LogP contribution < -0.4 is 4.90 Å². The van der Waals surface area contributed by atoms with Gasteiger partial charge in [-0.2, -0.15) is 9.61 Å². The van der Waals surface area contributed by atoms with Gasteiger partial charge in [-0.15, -0.1) is 12.6 Å². The molecule has 2 aromatic rings. The quantitative estimate of drug-likeness (QED) is 0.628. The van der Waals surface area contributed by atoms with E-state index >= 15 is 0 Å². The van der Waals surface area contributed by atoms with Crippen molar-refractivity contribution in [2.24, 2.45) is 0 Å². The van der Waals surface area contributed by atoms with Gasteiger partial charge in [0.15, 0.2) is 5.65 Å². The summed E-state index contributed by atoms with van der Waals surface area (Å²) in [5.74, 6) is 0.528. The molecule has 0 aliphatic heterocycles. The molecule has 2 heterocycles. The second-order valence-corrected chi connectivity index (χ2v) is 6.55. The number of aromatic nitrogens is 3. The van der Waals surface area contributed by atoms with Gasteiger partial charge in [0.25, 0.3) is 0 Å². The Balaban J connectivity index is 2.44. The monoisotopic (exact) mass is 358 g/mol. The standard InChI is InChI=1S/C12H15BrN4O2S/c1-12(2,3)19-11(18)16(4)9-5-8(20)15-10-7(13)6-14-17(9)10/h5-6H,1-4H3,(H,15,20). The normalized spacial score (nSPS) is 11.7. The Morgan fingerprint density at radius 2 is 2.15 bits per heavy atom. The maximum Gasteiger partial charge on any atom is 0.415 e. The molecule has 0 saturated carbocycles. The highest BCUT2D eigenvalue weighted by Gasteiger charge is 2.23. The van der Waals surface area contributed by atoms with Gasteiger partial charge >= 0.3 is 6.09 Å². The molecular formula is C12H15BrN4O2S. The van der Waals surface area contributed by atoms with Crippen molar-refractivity contribution in [1.29, 1.82) is 0 Å². The Morgan fingerprint density at radius 1 is 1.50 bits per heavy atom. The Hall–Kier alpha value is -1.28. The summed E-state index contributed by atoms with van der Waals surface area (Å²) >= 11 is 7.61. The molecule has 1 amide bonds. The third kappa shape index (κ3) is 3.06. The number of carbonyl (C=O) groups excluding carboxylic acids is 1. The van der Waals surface area contributed by atoms with Crippen molar-refractivity contribution in [2.75, 3.05) is 11.9 Å². The zero-order valence-electron chi connectivity index (χ0n) is 11.6. The zero-order chi connectivity index (χ0) is 15.1. The van der Waals surface area contributed by atoms with Gasteiger partial charge < -0.3 is 4.74 Å². The smallest absolute Gasteiger partial charge is 0.415 e. The van der Waals surface area contributed by atoms with E-state index in [4.69, 9.17) is 4.74 Å². The molecule has 6 nitrogen and oxygen atoms in total. The van der Waals surface area contributed by atoms with E-state index in [2.05, 4.69) is 38.6 Å². The predicted octanol–water partition coefficient (Wildman–Crippen LogP) is 3.15. The summed E-state index contributed by atoms with van der Waals surface area (Å²) in [6.07, 6.45) is 1.14. The van der Waals surface area contributed by atoms with E-state index in [1.807, 2.05) is 20.8 Å². The van der Waals surface area contributed by atoms with Crippen LogP contribution in [0.5, 0.6) is 0 Å². The third-order valence-corrected chi connectivity index (χ3v) is 3.20. The second kappa shape index (κ2) is 5.25. The lowest BCUT2D eigenvalue weighted by molar-refractivity contribution is 0.0587. The van der Waals surface area contributed by atoms with Crippen molar-refractivity contribution in [3.63, 3.8) is 0 Å². The maximum absolute atomic E-state index is 12.1. The Kier molecular flexibility index (Phi) is 3.97. The van der Waals surface area contributed by atoms with Crippen LogP contribution in [-0.4, -0.2) is 33.3 Å². The van der Waals surface area contributed by atoms with Gasteiger partial charge in [0.2, 0.25) is 0 Å². The van der Waals surface area contributed by atoms with Crippen molar-refractivity contribution < 1.29 is 9.53 Å². The summed E-state index contributed by atoms with van der Waals surface area (Å²) < 4.78 is 7.62. The van der Waals surface area contributed by atoms with Crippen LogP contribution in [0.25, 0.3) is 5.65 Å². The number of ether oxygens (including phenoxy) is 1. The van der Waals surface area contributed by atoms with Crippen LogP contribution in [0, 0.1) is 0 Å². The van der Waals surface area contributed by atoms with Crippen LogP contribution in [0.2, 0.25) is 0 Å². The molecular weight excluding hydrogens is 344 g/mol. The molecule has 0 radical (unpaired) electrons. The number of anilines is 1. The molecule has 20 heavy (non-hydrogen) atoms. The molecule has 0 aliphatic rings. The van der Waals surface area contributed by atoms with Crippen molar-refractivity contribution in [3.05, 3.63) is 16.7 Å². The highest BCUT2D eigenvalue weighted by molar-refractivity contribution is 9.10. The average Bonchev–Trinajstić information content (AvgIpc) is 2.67. The molecule has 0 saturated heterocycles. The van der Waals surface area contributed by atoms with E-state index in [0.29, 0.717) is 16.5 Å². The van der Waals surface area contributed by atoms with Gasteiger partial charge in [-0.05, 0) is 36.7 Å². The summed E-state index contributed by atoms with van der Waals surface area (Å²) in [4.78, 5) is 17.8. The van der Waals surface area contributed by atoms with Crippen molar-refractivity contribution in [2.45, 2.75) is 31.4 Å². The van der Waals surface area contributed by atoms with Gasteiger partial charge in [0.05, 0.1) is 15.7 Å². The van der Waals surface area contributed by atoms with Gasteiger partial charge in [-0.1, -0.05) is 0 Å². The van der Waals surface area contributed by atoms with Crippen LogP contribution >= 0.6 is 28.6 Å². The van der Waals surface area contributed by atoms with Crippen LogP contribution in [-0.2, 0) is 4.74 Å². The summed E-state index contributed by atoms with van der Waals surface area (Å²) in [7, 11) is 1.62. The number of hydrogen-bond donors (Lipinski definition) is 1. The molecule has 0 N–H and O–H groups in total. The fourth-order valence-corrected chi connectivity index (χ4v) is 2.13. The maximum atomic E-state index is 12.1. The van der Waals surface area contributed by atoms with Crippen molar-refractivity contribution in [1.82, 2.24) is 14.6 Å². The fraction of sp³-hybridized carbons (Fsp3) is 0.417. The summed E-state index contributed by atoms with van der Waals surface area (Å²) in [5, 5.41) is 4.67. The number of halogens is 1. The minimum atomic E-state index is -0.564. The first kappa shape index (κ1) is 15.1. The molecule has 0 aromatic carbocycles. The number of rotatable bonds is 1. The van der Waals surface area contributed by atoms with Crippen molar-refractivity contribution >= 4 is 46.1 Å². The van der Waals surface area contributed by atoms with Crippen LogP contribution in [0.1, 0.15) is 20.8 Å². The van der Waals surface area contributed by atoms with E-state index in [-0.39, 0.29) is 0 Å². The van der Waals surface area contributed by atoms with Gasteiger partial charge in [-0.25, -0.2) is 9.78 Å². The van der Waals surface area contributed by atoms with E-state index < -0.39 is 11.7 Å². The Bertz CT molecular complexity index is 665. The minimum Gasteiger partial charge on any atom is -0.443 e.